The van der Waals surface area contributed by atoms with E-state index in [4.69, 9.17) is 0 Å². The second kappa shape index (κ2) is 8.59. The van der Waals surface area contributed by atoms with E-state index in [0.717, 1.165) is 30.9 Å². The fraction of sp³-hybridized carbons (Fsp3) is 0.562. The summed E-state index contributed by atoms with van der Waals surface area (Å²) in [5.74, 6) is 0.458. The molecule has 0 unspecified atom stereocenters. The van der Waals surface area contributed by atoms with Crippen molar-refractivity contribution in [1.82, 2.24) is 4.90 Å². The molecule has 1 rings (SSSR count). The summed E-state index contributed by atoms with van der Waals surface area (Å²) < 4.78 is 0. The van der Waals surface area contributed by atoms with Crippen LogP contribution in [0.4, 0.5) is 11.4 Å². The van der Waals surface area contributed by atoms with Gasteiger partial charge in [0.05, 0.1) is 0 Å². The van der Waals surface area contributed by atoms with Gasteiger partial charge in [0.25, 0.3) is 0 Å². The summed E-state index contributed by atoms with van der Waals surface area (Å²) in [7, 11) is 4.16. The second-order valence-electron chi connectivity index (χ2n) is 5.81. The summed E-state index contributed by atoms with van der Waals surface area (Å²) >= 11 is 0. The molecule has 1 amide bonds. The van der Waals surface area contributed by atoms with Gasteiger partial charge in [0, 0.05) is 24.3 Å². The molecule has 20 heavy (non-hydrogen) atoms. The van der Waals surface area contributed by atoms with Crippen LogP contribution in [0.25, 0.3) is 0 Å². The van der Waals surface area contributed by atoms with Gasteiger partial charge in [0.1, 0.15) is 0 Å². The van der Waals surface area contributed by atoms with Gasteiger partial charge in [-0.25, -0.2) is 0 Å². The molecule has 0 aliphatic rings. The van der Waals surface area contributed by atoms with Gasteiger partial charge in [-0.15, -0.1) is 0 Å². The van der Waals surface area contributed by atoms with E-state index in [1.807, 2.05) is 38.1 Å². The maximum Gasteiger partial charge on any atom is 0.224 e. The molecule has 0 aromatic heterocycles. The second-order valence-corrected chi connectivity index (χ2v) is 5.81. The third kappa shape index (κ3) is 7.14. The molecule has 0 bridgehead atoms. The lowest BCUT2D eigenvalue weighted by Crippen LogP contribution is -2.16. The molecule has 0 atom stereocenters. The molecule has 4 heteroatoms. The molecule has 0 heterocycles. The number of anilines is 2. The fourth-order valence-electron chi connectivity index (χ4n) is 1.88. The van der Waals surface area contributed by atoms with E-state index in [1.165, 1.54) is 0 Å². The Hall–Kier alpha value is -1.55. The number of hydrogen-bond donors (Lipinski definition) is 2. The van der Waals surface area contributed by atoms with E-state index in [1.54, 1.807) is 0 Å². The molecule has 0 fully saturated rings. The molecule has 2 N–H and O–H groups in total. The smallest absolute Gasteiger partial charge is 0.224 e. The van der Waals surface area contributed by atoms with Gasteiger partial charge in [-0.3, -0.25) is 4.79 Å². The Morgan fingerprint density at radius 3 is 2.30 bits per heavy atom. The minimum atomic E-state index is 0.0756. The monoisotopic (exact) mass is 277 g/mol. The zero-order valence-corrected chi connectivity index (χ0v) is 13.1. The van der Waals surface area contributed by atoms with E-state index in [9.17, 15) is 4.79 Å². The molecule has 1 aromatic rings. The van der Waals surface area contributed by atoms with Crippen LogP contribution in [0.3, 0.4) is 0 Å². The van der Waals surface area contributed by atoms with Crippen molar-refractivity contribution in [3.63, 3.8) is 0 Å². The van der Waals surface area contributed by atoms with Gasteiger partial charge < -0.3 is 15.5 Å². The number of benzene rings is 1. The van der Waals surface area contributed by atoms with Crippen molar-refractivity contribution in [2.45, 2.75) is 26.7 Å². The highest BCUT2D eigenvalue weighted by Crippen LogP contribution is 2.14. The minimum absolute atomic E-state index is 0.0756. The normalized spacial score (nSPS) is 10.9. The molecule has 0 radical (unpaired) electrons. The summed E-state index contributed by atoms with van der Waals surface area (Å²) in [5.41, 5.74) is 1.94. The topological polar surface area (TPSA) is 44.4 Å². The molecule has 0 spiro atoms. The fourth-order valence-corrected chi connectivity index (χ4v) is 1.88. The van der Waals surface area contributed by atoms with Crippen LogP contribution >= 0.6 is 0 Å². The van der Waals surface area contributed by atoms with Crippen molar-refractivity contribution < 1.29 is 4.79 Å². The van der Waals surface area contributed by atoms with Crippen LogP contribution in [-0.2, 0) is 4.79 Å². The standard InChI is InChI=1S/C16H27N3O/c1-13(2)12-16(20)18-15-8-6-14(7-9-15)17-10-5-11-19(3)4/h6-9,13,17H,5,10-12H2,1-4H3,(H,18,20). The van der Waals surface area contributed by atoms with Crippen molar-refractivity contribution >= 4 is 17.3 Å². The van der Waals surface area contributed by atoms with Gasteiger partial charge >= 0.3 is 0 Å². The predicted molar refractivity (Wildman–Crippen MR) is 86.2 cm³/mol. The third-order valence-corrected chi connectivity index (χ3v) is 2.87. The van der Waals surface area contributed by atoms with Crippen LogP contribution in [0.15, 0.2) is 24.3 Å². The van der Waals surface area contributed by atoms with Crippen LogP contribution in [0.1, 0.15) is 26.7 Å². The van der Waals surface area contributed by atoms with E-state index >= 15 is 0 Å². The molecule has 0 aliphatic carbocycles. The Morgan fingerprint density at radius 2 is 1.75 bits per heavy atom. The predicted octanol–water partition coefficient (Wildman–Crippen LogP) is 3.03. The summed E-state index contributed by atoms with van der Waals surface area (Å²) in [5, 5.41) is 6.28. The summed E-state index contributed by atoms with van der Waals surface area (Å²) in [6.45, 7) is 6.12. The first-order valence-electron chi connectivity index (χ1n) is 7.26. The maximum atomic E-state index is 11.7. The summed E-state index contributed by atoms with van der Waals surface area (Å²) in [4.78, 5) is 13.8. The van der Waals surface area contributed by atoms with Gasteiger partial charge in [-0.1, -0.05) is 13.8 Å². The highest BCUT2D eigenvalue weighted by molar-refractivity contribution is 5.90. The van der Waals surface area contributed by atoms with E-state index in [0.29, 0.717) is 12.3 Å². The van der Waals surface area contributed by atoms with Gasteiger partial charge in [-0.05, 0) is 57.2 Å². The van der Waals surface area contributed by atoms with Crippen LogP contribution in [-0.4, -0.2) is 38.0 Å². The van der Waals surface area contributed by atoms with Crippen molar-refractivity contribution in [1.29, 1.82) is 0 Å². The largest absolute Gasteiger partial charge is 0.385 e. The van der Waals surface area contributed by atoms with Crippen LogP contribution in [0.5, 0.6) is 0 Å². The third-order valence-electron chi connectivity index (χ3n) is 2.87. The molecular weight excluding hydrogens is 250 g/mol. The SMILES string of the molecule is CC(C)CC(=O)Nc1ccc(NCCCN(C)C)cc1. The first-order valence-corrected chi connectivity index (χ1v) is 7.26. The zero-order chi connectivity index (χ0) is 15.0. The zero-order valence-electron chi connectivity index (χ0n) is 13.1. The number of nitrogens with zero attached hydrogens (tertiary/aromatic N) is 1. The van der Waals surface area contributed by atoms with Crippen LogP contribution < -0.4 is 10.6 Å². The van der Waals surface area contributed by atoms with Gasteiger partial charge in [0.2, 0.25) is 5.91 Å². The summed E-state index contributed by atoms with van der Waals surface area (Å²) in [6.07, 6.45) is 1.67. The highest BCUT2D eigenvalue weighted by Gasteiger charge is 2.04. The Kier molecular flexibility index (Phi) is 7.09. The summed E-state index contributed by atoms with van der Waals surface area (Å²) in [6, 6.07) is 7.88. The first kappa shape index (κ1) is 16.5. The number of carbonyl (C=O) groups is 1. The molecule has 0 saturated carbocycles. The Labute approximate surface area is 122 Å². The van der Waals surface area contributed by atoms with Crippen molar-refractivity contribution in [3.8, 4) is 0 Å². The Morgan fingerprint density at radius 1 is 1.15 bits per heavy atom. The lowest BCUT2D eigenvalue weighted by molar-refractivity contribution is -0.116. The van der Waals surface area contributed by atoms with Crippen molar-refractivity contribution in [2.75, 3.05) is 37.8 Å². The maximum absolute atomic E-state index is 11.7. The molecule has 0 aliphatic heterocycles. The number of carbonyl (C=O) groups excluding carboxylic acids is 1. The van der Waals surface area contributed by atoms with Gasteiger partial charge in [-0.2, -0.15) is 0 Å². The Balaban J connectivity index is 2.34. The van der Waals surface area contributed by atoms with Crippen molar-refractivity contribution in [2.24, 2.45) is 5.92 Å². The molecule has 0 saturated heterocycles. The van der Waals surface area contributed by atoms with Crippen LogP contribution in [0, 0.1) is 5.92 Å². The number of amides is 1. The number of rotatable bonds is 8. The van der Waals surface area contributed by atoms with E-state index in [-0.39, 0.29) is 5.91 Å². The highest BCUT2D eigenvalue weighted by atomic mass is 16.1. The lowest BCUT2D eigenvalue weighted by atomic mass is 10.1. The number of hydrogen-bond acceptors (Lipinski definition) is 3. The molecular formula is C16H27N3O. The van der Waals surface area contributed by atoms with Gasteiger partial charge in [0.15, 0.2) is 0 Å². The molecule has 112 valence electrons. The first-order chi connectivity index (χ1) is 9.47. The molecule has 4 nitrogen and oxygen atoms in total. The van der Waals surface area contributed by atoms with E-state index in [2.05, 4.69) is 29.6 Å². The lowest BCUT2D eigenvalue weighted by Gasteiger charge is -2.11. The minimum Gasteiger partial charge on any atom is -0.385 e. The van der Waals surface area contributed by atoms with Crippen LogP contribution in [0.2, 0.25) is 0 Å². The van der Waals surface area contributed by atoms with E-state index < -0.39 is 0 Å². The van der Waals surface area contributed by atoms with Crippen molar-refractivity contribution in [3.05, 3.63) is 24.3 Å². The number of nitrogens with one attached hydrogen (secondary N) is 2. The molecule has 1 aromatic carbocycles. The Bertz CT molecular complexity index is 399. The average Bonchev–Trinajstić information content (AvgIpc) is 2.35. The quantitative estimate of drug-likeness (QED) is 0.718. The average molecular weight is 277 g/mol.